The normalized spacial score (nSPS) is 25.7. The molecule has 0 aliphatic carbocycles. The van der Waals surface area contributed by atoms with E-state index in [2.05, 4.69) is 15.9 Å². The molecule has 0 aromatic rings. The molecule has 0 aromatic carbocycles. The summed E-state index contributed by atoms with van der Waals surface area (Å²) < 4.78 is 23.3. The minimum atomic E-state index is -3.63. The van der Waals surface area contributed by atoms with Crippen molar-refractivity contribution in [3.63, 3.8) is 0 Å². The molecule has 5 nitrogen and oxygen atoms in total. The number of halogens is 1. The Labute approximate surface area is 98.5 Å². The quantitative estimate of drug-likeness (QED) is 0.597. The van der Waals surface area contributed by atoms with E-state index in [1.54, 1.807) is 7.05 Å². The number of hydrogen-bond donors (Lipinski definition) is 1. The smallest absolute Gasteiger partial charge is 0.376 e. The van der Waals surface area contributed by atoms with Crippen LogP contribution in [0, 0.1) is 0 Å². The van der Waals surface area contributed by atoms with Crippen molar-refractivity contribution in [3.8, 4) is 0 Å². The van der Waals surface area contributed by atoms with Crippen LogP contribution >= 0.6 is 23.7 Å². The van der Waals surface area contributed by atoms with E-state index in [-0.39, 0.29) is 12.7 Å². The largest absolute Gasteiger partial charge is 0.405 e. The van der Waals surface area contributed by atoms with Crippen LogP contribution in [0.4, 0.5) is 0 Å². The van der Waals surface area contributed by atoms with E-state index in [1.165, 1.54) is 4.67 Å². The van der Waals surface area contributed by atoms with Crippen molar-refractivity contribution in [1.82, 2.24) is 4.67 Å². The monoisotopic (exact) mass is 301 g/mol. The van der Waals surface area contributed by atoms with Gasteiger partial charge in [-0.2, -0.15) is 0 Å². The lowest BCUT2D eigenvalue weighted by Crippen LogP contribution is -2.22. The average molecular weight is 302 g/mol. The number of hydrogen-bond acceptors (Lipinski definition) is 3. The summed E-state index contributed by atoms with van der Waals surface area (Å²) in [7, 11) is -2.06. The van der Waals surface area contributed by atoms with E-state index in [4.69, 9.17) is 9.26 Å². The van der Waals surface area contributed by atoms with Crippen LogP contribution < -0.4 is 0 Å². The maximum Gasteiger partial charge on any atom is 0.405 e. The molecular weight excluding hydrogens is 285 g/mol. The third-order valence-electron chi connectivity index (χ3n) is 2.29. The fourth-order valence-electron chi connectivity index (χ4n) is 1.30. The molecule has 1 heterocycles. The zero-order chi connectivity index (χ0) is 11.3. The van der Waals surface area contributed by atoms with E-state index in [9.17, 15) is 9.46 Å². The predicted octanol–water partition coefficient (Wildman–Crippen LogP) is 1.61. The summed E-state index contributed by atoms with van der Waals surface area (Å²) in [6, 6.07) is 0. The van der Waals surface area contributed by atoms with E-state index in [1.807, 2.05) is 0 Å². The van der Waals surface area contributed by atoms with E-state index >= 15 is 0 Å². The van der Waals surface area contributed by atoms with Crippen LogP contribution in [-0.2, 0) is 13.8 Å². The van der Waals surface area contributed by atoms with Crippen LogP contribution in [0.5, 0.6) is 0 Å². The first-order valence-electron chi connectivity index (χ1n) is 4.93. The van der Waals surface area contributed by atoms with E-state index in [0.717, 1.165) is 19.4 Å². The molecular formula is C8H17BrNO4P. The van der Waals surface area contributed by atoms with Crippen LogP contribution in [0.25, 0.3) is 0 Å². The highest BCUT2D eigenvalue weighted by Crippen LogP contribution is 2.45. The summed E-state index contributed by atoms with van der Waals surface area (Å²) in [5.41, 5.74) is 0. The highest BCUT2D eigenvalue weighted by molar-refractivity contribution is 9.09. The van der Waals surface area contributed by atoms with Gasteiger partial charge in [0.15, 0.2) is 0 Å². The summed E-state index contributed by atoms with van der Waals surface area (Å²) in [5.74, 6) is 0. The minimum absolute atomic E-state index is 0.0251. The zero-order valence-corrected chi connectivity index (χ0v) is 11.2. The lowest BCUT2D eigenvalue weighted by Gasteiger charge is -2.22. The molecule has 1 aliphatic heterocycles. The molecule has 0 aromatic heterocycles. The zero-order valence-electron chi connectivity index (χ0n) is 8.76. The molecule has 0 amide bonds. The third kappa shape index (κ3) is 4.51. The third-order valence-corrected chi connectivity index (χ3v) is 4.20. The van der Waals surface area contributed by atoms with Crippen LogP contribution in [0.3, 0.4) is 0 Å². The Morgan fingerprint density at radius 1 is 1.73 bits per heavy atom. The van der Waals surface area contributed by atoms with Gasteiger partial charge in [-0.25, -0.2) is 9.24 Å². The first-order valence-corrected chi connectivity index (χ1v) is 7.58. The number of ether oxygens (including phenoxy) is 1. The standard InChI is InChI=1S/C8H17BrNO4P/c1-10(5-4-9)15(11,12)14-7-8-3-2-6-13-8/h8H,2-7H2,1H3,(H,11,12)/t8-/m0/s1. The molecule has 15 heavy (non-hydrogen) atoms. The van der Waals surface area contributed by atoms with E-state index < -0.39 is 7.75 Å². The van der Waals surface area contributed by atoms with Crippen LogP contribution in [0.2, 0.25) is 0 Å². The Balaban J connectivity index is 2.31. The molecule has 1 rings (SSSR count). The molecule has 7 heteroatoms. The predicted molar refractivity (Wildman–Crippen MR) is 61.2 cm³/mol. The molecule has 0 saturated carbocycles. The molecule has 0 radical (unpaired) electrons. The van der Waals surface area contributed by atoms with Crippen molar-refractivity contribution in [1.29, 1.82) is 0 Å². The van der Waals surface area contributed by atoms with Gasteiger partial charge in [-0.15, -0.1) is 0 Å². The summed E-state index contributed by atoms with van der Waals surface area (Å²) >= 11 is 3.21. The van der Waals surface area contributed by atoms with Crippen molar-refractivity contribution in [3.05, 3.63) is 0 Å². The average Bonchev–Trinajstić information content (AvgIpc) is 2.68. The van der Waals surface area contributed by atoms with Crippen LogP contribution in [-0.4, -0.2) is 47.8 Å². The molecule has 0 spiro atoms. The van der Waals surface area contributed by atoms with Gasteiger partial charge in [0.05, 0.1) is 12.7 Å². The first kappa shape index (κ1) is 13.6. The molecule has 1 unspecified atom stereocenters. The van der Waals surface area contributed by atoms with Crippen molar-refractivity contribution < 1.29 is 18.7 Å². The Kier molecular flexibility index (Phi) is 5.74. The Hall–Kier alpha value is 0.550. The molecule has 2 atom stereocenters. The van der Waals surface area contributed by atoms with Crippen molar-refractivity contribution in [2.75, 3.05) is 32.1 Å². The van der Waals surface area contributed by atoms with Crippen molar-refractivity contribution in [2.24, 2.45) is 0 Å². The Bertz CT molecular complexity index is 235. The fourth-order valence-corrected chi connectivity index (χ4v) is 3.02. The van der Waals surface area contributed by atoms with Gasteiger partial charge in [0, 0.05) is 18.5 Å². The van der Waals surface area contributed by atoms with Gasteiger partial charge in [0.1, 0.15) is 0 Å². The SMILES string of the molecule is CN(CCBr)P(=O)(O)OC[C@@H]1CCCO1. The summed E-state index contributed by atoms with van der Waals surface area (Å²) in [6.07, 6.45) is 1.88. The second kappa shape index (κ2) is 6.33. The maximum absolute atomic E-state index is 11.6. The van der Waals surface area contributed by atoms with Crippen LogP contribution in [0.1, 0.15) is 12.8 Å². The van der Waals surface area contributed by atoms with Gasteiger partial charge >= 0.3 is 7.75 Å². The van der Waals surface area contributed by atoms with Gasteiger partial charge in [-0.1, -0.05) is 15.9 Å². The second-order valence-electron chi connectivity index (χ2n) is 3.49. The van der Waals surface area contributed by atoms with Crippen molar-refractivity contribution >= 4 is 23.7 Å². The second-order valence-corrected chi connectivity index (χ2v) is 6.21. The van der Waals surface area contributed by atoms with E-state index in [0.29, 0.717) is 11.9 Å². The van der Waals surface area contributed by atoms with Gasteiger partial charge < -0.3 is 9.63 Å². The summed E-state index contributed by atoms with van der Waals surface area (Å²) in [4.78, 5) is 9.56. The van der Waals surface area contributed by atoms with Gasteiger partial charge in [0.2, 0.25) is 0 Å². The molecule has 0 bridgehead atoms. The maximum atomic E-state index is 11.6. The highest BCUT2D eigenvalue weighted by Gasteiger charge is 2.28. The molecule has 1 fully saturated rings. The molecule has 1 saturated heterocycles. The summed E-state index contributed by atoms with van der Waals surface area (Å²) in [5, 5.41) is 0.636. The van der Waals surface area contributed by atoms with Gasteiger partial charge in [-0.3, -0.25) is 4.52 Å². The Morgan fingerprint density at radius 2 is 2.47 bits per heavy atom. The lowest BCUT2D eigenvalue weighted by molar-refractivity contribution is 0.0582. The fraction of sp³-hybridized carbons (Fsp3) is 1.00. The number of rotatable bonds is 6. The molecule has 1 N–H and O–H groups in total. The van der Waals surface area contributed by atoms with Gasteiger partial charge in [0.25, 0.3) is 0 Å². The lowest BCUT2D eigenvalue weighted by atomic mass is 10.2. The molecule has 1 aliphatic rings. The minimum Gasteiger partial charge on any atom is -0.376 e. The van der Waals surface area contributed by atoms with Gasteiger partial charge in [-0.05, 0) is 19.9 Å². The van der Waals surface area contributed by atoms with Crippen LogP contribution in [0.15, 0.2) is 0 Å². The highest BCUT2D eigenvalue weighted by atomic mass is 79.9. The van der Waals surface area contributed by atoms with Crippen molar-refractivity contribution in [2.45, 2.75) is 18.9 Å². The molecule has 90 valence electrons. The summed E-state index contributed by atoms with van der Waals surface area (Å²) in [6.45, 7) is 1.39. The number of nitrogens with zero attached hydrogens (tertiary/aromatic N) is 1. The first-order chi connectivity index (χ1) is 7.06. The number of alkyl halides is 1. The Morgan fingerprint density at radius 3 is 3.00 bits per heavy atom. The topological polar surface area (TPSA) is 59.0 Å².